The lowest BCUT2D eigenvalue weighted by atomic mass is 10.0. The minimum absolute atomic E-state index is 0.0133. The Morgan fingerprint density at radius 2 is 1.72 bits per heavy atom. The monoisotopic (exact) mass is 390 g/mol. The van der Waals surface area contributed by atoms with Gasteiger partial charge in [0.25, 0.3) is 0 Å². The van der Waals surface area contributed by atoms with E-state index in [1.807, 2.05) is 30.3 Å². The minimum Gasteiger partial charge on any atom is -0.358 e. The van der Waals surface area contributed by atoms with Crippen molar-refractivity contribution in [3.63, 3.8) is 0 Å². The van der Waals surface area contributed by atoms with Crippen LogP contribution in [0.25, 0.3) is 10.9 Å². The van der Waals surface area contributed by atoms with E-state index in [4.69, 9.17) is 4.98 Å². The highest BCUT2D eigenvalue weighted by Crippen LogP contribution is 2.21. The van der Waals surface area contributed by atoms with Gasteiger partial charge in [0.05, 0.1) is 11.9 Å². The molecule has 5 nitrogen and oxygen atoms in total. The summed E-state index contributed by atoms with van der Waals surface area (Å²) < 4.78 is 0. The van der Waals surface area contributed by atoms with Crippen molar-refractivity contribution >= 4 is 28.3 Å². The Morgan fingerprint density at radius 3 is 2.45 bits per heavy atom. The van der Waals surface area contributed by atoms with Crippen LogP contribution in [0, 0.1) is 13.8 Å². The molecule has 0 atom stereocenters. The van der Waals surface area contributed by atoms with Gasteiger partial charge >= 0.3 is 0 Å². The Hall–Kier alpha value is -2.92. The molecule has 1 aromatic heterocycles. The van der Waals surface area contributed by atoms with Crippen molar-refractivity contribution in [3.05, 3.63) is 65.2 Å². The van der Waals surface area contributed by atoms with Crippen molar-refractivity contribution in [2.45, 2.75) is 20.3 Å². The highest BCUT2D eigenvalue weighted by atomic mass is 16.1. The van der Waals surface area contributed by atoms with E-state index in [-0.39, 0.29) is 5.91 Å². The molecule has 0 aliphatic heterocycles. The first-order valence-electron chi connectivity index (χ1n) is 9.94. The second-order valence-electron chi connectivity index (χ2n) is 7.95. The molecule has 29 heavy (non-hydrogen) atoms. The maximum atomic E-state index is 12.4. The molecule has 5 heteroatoms. The molecule has 0 bridgehead atoms. The molecule has 0 aliphatic carbocycles. The third kappa shape index (κ3) is 5.55. The van der Waals surface area contributed by atoms with Crippen LogP contribution < -0.4 is 10.2 Å². The number of nitrogens with one attached hydrogen (secondary N) is 1. The van der Waals surface area contributed by atoms with Gasteiger partial charge in [-0.3, -0.25) is 4.79 Å². The number of fused-ring (bicyclic) bond motifs is 1. The Kier molecular flexibility index (Phi) is 6.49. The number of carbonyl (C=O) groups excluding carboxylic acids is 1. The number of anilines is 2. The Morgan fingerprint density at radius 1 is 0.931 bits per heavy atom. The summed E-state index contributed by atoms with van der Waals surface area (Å²) in [5.74, 6) is 0.937. The van der Waals surface area contributed by atoms with E-state index in [9.17, 15) is 4.79 Å². The largest absolute Gasteiger partial charge is 0.358 e. The van der Waals surface area contributed by atoms with Gasteiger partial charge in [0.2, 0.25) is 5.91 Å². The molecule has 3 aromatic rings. The predicted molar refractivity (Wildman–Crippen MR) is 122 cm³/mol. The molecule has 1 heterocycles. The van der Waals surface area contributed by atoms with Crippen LogP contribution in [0.1, 0.15) is 16.7 Å². The SMILES string of the molecule is Cc1ccc(CC(=O)Nc2ccc3nc(N(C)CCN(C)C)ccc3c2)cc1C. The zero-order chi connectivity index (χ0) is 21.0. The lowest BCUT2D eigenvalue weighted by Crippen LogP contribution is -2.28. The number of carbonyl (C=O) groups is 1. The molecule has 1 amide bonds. The van der Waals surface area contributed by atoms with Crippen LogP contribution >= 0.6 is 0 Å². The normalized spacial score (nSPS) is 11.1. The van der Waals surface area contributed by atoms with E-state index >= 15 is 0 Å². The summed E-state index contributed by atoms with van der Waals surface area (Å²) in [6.45, 7) is 6.03. The third-order valence-electron chi connectivity index (χ3n) is 5.17. The lowest BCUT2D eigenvalue weighted by molar-refractivity contribution is -0.115. The van der Waals surface area contributed by atoms with Gasteiger partial charge in [0.1, 0.15) is 5.82 Å². The summed E-state index contributed by atoms with van der Waals surface area (Å²) in [6, 6.07) is 16.1. The number of likely N-dealkylation sites (N-methyl/N-ethyl adjacent to an activating group) is 2. The molecule has 0 unspecified atom stereocenters. The van der Waals surface area contributed by atoms with Crippen molar-refractivity contribution in [3.8, 4) is 0 Å². The molecule has 3 rings (SSSR count). The lowest BCUT2D eigenvalue weighted by Gasteiger charge is -2.20. The minimum atomic E-state index is -0.0133. The average Bonchev–Trinajstić information content (AvgIpc) is 2.68. The number of amides is 1. The summed E-state index contributed by atoms with van der Waals surface area (Å²) in [5.41, 5.74) is 5.19. The topological polar surface area (TPSA) is 48.5 Å². The van der Waals surface area contributed by atoms with Gasteiger partial charge in [-0.2, -0.15) is 0 Å². The number of hydrogen-bond donors (Lipinski definition) is 1. The highest BCUT2D eigenvalue weighted by molar-refractivity contribution is 5.95. The van der Waals surface area contributed by atoms with Gasteiger partial charge in [-0.15, -0.1) is 0 Å². The predicted octanol–water partition coefficient (Wildman–Crippen LogP) is 4.03. The molecule has 152 valence electrons. The average molecular weight is 391 g/mol. The molecule has 0 saturated carbocycles. The van der Waals surface area contributed by atoms with Crippen molar-refractivity contribution in [2.75, 3.05) is 44.4 Å². The van der Waals surface area contributed by atoms with Crippen LogP contribution in [-0.2, 0) is 11.2 Å². The van der Waals surface area contributed by atoms with E-state index in [1.54, 1.807) is 0 Å². The Balaban J connectivity index is 1.68. The molecule has 0 radical (unpaired) electrons. The molecule has 0 spiro atoms. The van der Waals surface area contributed by atoms with E-state index in [0.717, 1.165) is 41.1 Å². The molecule has 0 fully saturated rings. The van der Waals surface area contributed by atoms with E-state index in [1.165, 1.54) is 11.1 Å². The fraction of sp³-hybridized carbons (Fsp3) is 0.333. The zero-order valence-corrected chi connectivity index (χ0v) is 18.0. The van der Waals surface area contributed by atoms with Crippen LogP contribution in [0.2, 0.25) is 0 Å². The number of pyridine rings is 1. The number of benzene rings is 2. The van der Waals surface area contributed by atoms with Gasteiger partial charge in [-0.1, -0.05) is 18.2 Å². The molecular weight excluding hydrogens is 360 g/mol. The second kappa shape index (κ2) is 9.05. The van der Waals surface area contributed by atoms with Gasteiger partial charge in [0, 0.05) is 31.2 Å². The fourth-order valence-electron chi connectivity index (χ4n) is 3.17. The molecule has 0 aliphatic rings. The van der Waals surface area contributed by atoms with Crippen LogP contribution in [0.15, 0.2) is 48.5 Å². The van der Waals surface area contributed by atoms with Crippen molar-refractivity contribution in [1.29, 1.82) is 0 Å². The van der Waals surface area contributed by atoms with Crippen LogP contribution in [-0.4, -0.2) is 50.0 Å². The highest BCUT2D eigenvalue weighted by Gasteiger charge is 2.08. The maximum absolute atomic E-state index is 12.4. The van der Waals surface area contributed by atoms with Gasteiger partial charge in [-0.05, 0) is 75.0 Å². The number of aryl methyl sites for hydroxylation is 2. The number of nitrogens with zero attached hydrogens (tertiary/aromatic N) is 3. The van der Waals surface area contributed by atoms with E-state index in [0.29, 0.717) is 6.42 Å². The zero-order valence-electron chi connectivity index (χ0n) is 18.0. The van der Waals surface area contributed by atoms with E-state index < -0.39 is 0 Å². The molecule has 2 aromatic carbocycles. The van der Waals surface area contributed by atoms with Gasteiger partial charge < -0.3 is 15.1 Å². The van der Waals surface area contributed by atoms with Gasteiger partial charge in [-0.25, -0.2) is 4.98 Å². The summed E-state index contributed by atoms with van der Waals surface area (Å²) in [4.78, 5) is 21.5. The van der Waals surface area contributed by atoms with Crippen LogP contribution in [0.3, 0.4) is 0 Å². The molecule has 0 saturated heterocycles. The number of aromatic nitrogens is 1. The van der Waals surface area contributed by atoms with Crippen molar-refractivity contribution < 1.29 is 4.79 Å². The summed E-state index contributed by atoms with van der Waals surface area (Å²) in [5, 5.41) is 4.02. The van der Waals surface area contributed by atoms with Crippen molar-refractivity contribution in [1.82, 2.24) is 9.88 Å². The number of hydrogen-bond acceptors (Lipinski definition) is 4. The molecule has 1 N–H and O–H groups in total. The smallest absolute Gasteiger partial charge is 0.228 e. The first kappa shape index (κ1) is 20.8. The summed E-state index contributed by atoms with van der Waals surface area (Å²) in [6.07, 6.45) is 0.368. The Bertz CT molecular complexity index is 1010. The fourth-order valence-corrected chi connectivity index (χ4v) is 3.17. The standard InChI is InChI=1S/C24H30N4O/c1-17-6-7-19(14-18(17)2)15-24(29)25-21-9-10-22-20(16-21)8-11-23(26-22)28(5)13-12-27(3)4/h6-11,14,16H,12-13,15H2,1-5H3,(H,25,29). The first-order chi connectivity index (χ1) is 13.8. The summed E-state index contributed by atoms with van der Waals surface area (Å²) >= 11 is 0. The quantitative estimate of drug-likeness (QED) is 0.662. The maximum Gasteiger partial charge on any atom is 0.228 e. The van der Waals surface area contributed by atoms with E-state index in [2.05, 4.69) is 68.3 Å². The first-order valence-corrected chi connectivity index (χ1v) is 9.94. The number of rotatable bonds is 7. The van der Waals surface area contributed by atoms with Crippen LogP contribution in [0.5, 0.6) is 0 Å². The third-order valence-corrected chi connectivity index (χ3v) is 5.17. The second-order valence-corrected chi connectivity index (χ2v) is 7.95. The van der Waals surface area contributed by atoms with Gasteiger partial charge in [0.15, 0.2) is 0 Å². The summed E-state index contributed by atoms with van der Waals surface area (Å²) in [7, 11) is 6.19. The Labute approximate surface area is 173 Å². The van der Waals surface area contributed by atoms with Crippen LogP contribution in [0.4, 0.5) is 11.5 Å². The van der Waals surface area contributed by atoms with Crippen molar-refractivity contribution in [2.24, 2.45) is 0 Å². The molecular formula is C24H30N4O.